The molecule has 1 saturated heterocycles. The summed E-state index contributed by atoms with van der Waals surface area (Å²) in [5, 5.41) is 0. The summed E-state index contributed by atoms with van der Waals surface area (Å²) >= 11 is 0. The molecule has 2 aromatic rings. The fraction of sp³-hybridized carbons (Fsp3) is 0.381. The van der Waals surface area contributed by atoms with Crippen LogP contribution in [0.3, 0.4) is 0 Å². The smallest absolute Gasteiger partial charge is 0.226 e. The van der Waals surface area contributed by atoms with E-state index in [1.807, 2.05) is 35.2 Å². The molecule has 4 rings (SSSR count). The number of carbonyl (C=O) groups is 1. The minimum atomic E-state index is 0.193. The quantitative estimate of drug-likeness (QED) is 0.861. The Kier molecular flexibility index (Phi) is 4.70. The van der Waals surface area contributed by atoms with Gasteiger partial charge in [-0.1, -0.05) is 42.5 Å². The van der Waals surface area contributed by atoms with E-state index in [2.05, 4.69) is 29.2 Å². The van der Waals surface area contributed by atoms with Crippen LogP contribution < -0.4 is 4.74 Å². The van der Waals surface area contributed by atoms with Crippen molar-refractivity contribution in [3.8, 4) is 5.75 Å². The average molecular weight is 336 g/mol. The number of benzene rings is 2. The van der Waals surface area contributed by atoms with E-state index in [0.29, 0.717) is 19.1 Å². The van der Waals surface area contributed by atoms with Crippen LogP contribution in [-0.2, 0) is 11.2 Å². The van der Waals surface area contributed by atoms with E-state index in [4.69, 9.17) is 4.74 Å². The molecule has 0 aromatic heterocycles. The van der Waals surface area contributed by atoms with Crippen LogP contribution in [0.1, 0.15) is 23.6 Å². The standard InChI is InChI=1S/C21H24N2O2/c24-21(11-15-25-18-7-2-1-3-8-18)23-14-13-22-12-10-17-6-4-5-9-19(17)20(22)16-23/h1-9,20H,10-16H2. The third-order valence-corrected chi connectivity index (χ3v) is 5.25. The van der Waals surface area contributed by atoms with E-state index in [-0.39, 0.29) is 5.91 Å². The Labute approximate surface area is 149 Å². The molecule has 4 heteroatoms. The first-order valence-corrected chi connectivity index (χ1v) is 9.09. The summed E-state index contributed by atoms with van der Waals surface area (Å²) in [7, 11) is 0. The molecule has 1 unspecified atom stereocenters. The van der Waals surface area contributed by atoms with E-state index in [0.717, 1.165) is 38.3 Å². The number of nitrogens with zero attached hydrogens (tertiary/aromatic N) is 2. The van der Waals surface area contributed by atoms with Crippen LogP contribution in [0.25, 0.3) is 0 Å². The number of ether oxygens (including phenoxy) is 1. The van der Waals surface area contributed by atoms with E-state index in [1.54, 1.807) is 0 Å². The molecule has 0 spiro atoms. The minimum Gasteiger partial charge on any atom is -0.493 e. The van der Waals surface area contributed by atoms with Crippen molar-refractivity contribution in [3.05, 3.63) is 65.7 Å². The van der Waals surface area contributed by atoms with E-state index in [9.17, 15) is 4.79 Å². The van der Waals surface area contributed by atoms with Gasteiger partial charge in [0, 0.05) is 26.2 Å². The fourth-order valence-corrected chi connectivity index (χ4v) is 3.89. The van der Waals surface area contributed by atoms with Gasteiger partial charge in [-0.05, 0) is 29.7 Å². The van der Waals surface area contributed by atoms with Crippen LogP contribution in [-0.4, -0.2) is 48.5 Å². The third-order valence-electron chi connectivity index (χ3n) is 5.25. The Hall–Kier alpha value is -2.33. The van der Waals surface area contributed by atoms with Crippen LogP contribution in [0.2, 0.25) is 0 Å². The number of piperazine rings is 1. The van der Waals surface area contributed by atoms with E-state index < -0.39 is 0 Å². The second kappa shape index (κ2) is 7.28. The van der Waals surface area contributed by atoms with Gasteiger partial charge >= 0.3 is 0 Å². The number of fused-ring (bicyclic) bond motifs is 3. The van der Waals surface area contributed by atoms with Gasteiger partial charge in [-0.3, -0.25) is 9.69 Å². The number of hydrogen-bond donors (Lipinski definition) is 0. The molecule has 0 radical (unpaired) electrons. The summed E-state index contributed by atoms with van der Waals surface area (Å²) in [6.45, 7) is 4.11. The lowest BCUT2D eigenvalue weighted by Crippen LogP contribution is -2.52. The summed E-state index contributed by atoms with van der Waals surface area (Å²) < 4.78 is 5.67. The van der Waals surface area contributed by atoms with Gasteiger partial charge in [0.25, 0.3) is 0 Å². The first kappa shape index (κ1) is 16.2. The van der Waals surface area contributed by atoms with E-state index >= 15 is 0 Å². The lowest BCUT2D eigenvalue weighted by molar-refractivity contribution is -0.135. The molecule has 1 atom stereocenters. The van der Waals surface area contributed by atoms with Crippen LogP contribution in [0.5, 0.6) is 5.75 Å². The monoisotopic (exact) mass is 336 g/mol. The number of carbonyl (C=O) groups excluding carboxylic acids is 1. The lowest BCUT2D eigenvalue weighted by Gasteiger charge is -2.45. The molecular formula is C21H24N2O2. The van der Waals surface area contributed by atoms with Crippen molar-refractivity contribution in [1.82, 2.24) is 9.80 Å². The Bertz CT molecular complexity index is 732. The molecule has 4 nitrogen and oxygen atoms in total. The predicted octanol–water partition coefficient (Wildman–Crippen LogP) is 2.90. The molecule has 2 aliphatic heterocycles. The highest BCUT2D eigenvalue weighted by atomic mass is 16.5. The molecule has 2 heterocycles. The highest BCUT2D eigenvalue weighted by Crippen LogP contribution is 2.32. The SMILES string of the molecule is O=C(CCOc1ccccc1)N1CCN2CCc3ccccc3C2C1. The molecule has 2 aromatic carbocycles. The third kappa shape index (κ3) is 3.54. The average Bonchev–Trinajstić information content (AvgIpc) is 2.68. The second-order valence-electron chi connectivity index (χ2n) is 6.75. The van der Waals surface area contributed by atoms with Crippen LogP contribution in [0.15, 0.2) is 54.6 Å². The van der Waals surface area contributed by atoms with Crippen LogP contribution in [0, 0.1) is 0 Å². The second-order valence-corrected chi connectivity index (χ2v) is 6.75. The molecule has 130 valence electrons. The largest absolute Gasteiger partial charge is 0.493 e. The molecule has 0 bridgehead atoms. The Morgan fingerprint density at radius 1 is 1.00 bits per heavy atom. The predicted molar refractivity (Wildman–Crippen MR) is 97.6 cm³/mol. The normalized spacial score (nSPS) is 19.8. The van der Waals surface area contributed by atoms with Crippen molar-refractivity contribution >= 4 is 5.91 Å². The molecule has 1 amide bonds. The summed E-state index contributed by atoms with van der Waals surface area (Å²) in [5.41, 5.74) is 2.83. The zero-order valence-electron chi connectivity index (χ0n) is 14.4. The van der Waals surface area contributed by atoms with Crippen molar-refractivity contribution in [2.45, 2.75) is 18.9 Å². The molecule has 0 saturated carbocycles. The van der Waals surface area contributed by atoms with Gasteiger partial charge in [-0.25, -0.2) is 0 Å². The maximum absolute atomic E-state index is 12.6. The van der Waals surface area contributed by atoms with Crippen LogP contribution in [0.4, 0.5) is 0 Å². The number of amides is 1. The molecular weight excluding hydrogens is 312 g/mol. The van der Waals surface area contributed by atoms with Gasteiger partial charge in [0.15, 0.2) is 0 Å². The van der Waals surface area contributed by atoms with Gasteiger partial charge in [-0.2, -0.15) is 0 Å². The summed E-state index contributed by atoms with van der Waals surface area (Å²) in [6.07, 6.45) is 1.55. The zero-order valence-corrected chi connectivity index (χ0v) is 14.4. The first-order valence-electron chi connectivity index (χ1n) is 9.09. The highest BCUT2D eigenvalue weighted by molar-refractivity contribution is 5.76. The lowest BCUT2D eigenvalue weighted by atomic mass is 9.91. The van der Waals surface area contributed by atoms with Gasteiger partial charge in [-0.15, -0.1) is 0 Å². The Morgan fingerprint density at radius 2 is 1.80 bits per heavy atom. The van der Waals surface area contributed by atoms with Crippen molar-refractivity contribution < 1.29 is 9.53 Å². The van der Waals surface area contributed by atoms with Crippen LogP contribution >= 0.6 is 0 Å². The van der Waals surface area contributed by atoms with Crippen molar-refractivity contribution in [1.29, 1.82) is 0 Å². The molecule has 25 heavy (non-hydrogen) atoms. The Balaban J connectivity index is 1.35. The maximum atomic E-state index is 12.6. The van der Waals surface area contributed by atoms with Crippen molar-refractivity contribution in [2.24, 2.45) is 0 Å². The van der Waals surface area contributed by atoms with Crippen molar-refractivity contribution in [2.75, 3.05) is 32.8 Å². The summed E-state index contributed by atoms with van der Waals surface area (Å²) in [6, 6.07) is 18.7. The summed E-state index contributed by atoms with van der Waals surface area (Å²) in [5.74, 6) is 1.01. The fourth-order valence-electron chi connectivity index (χ4n) is 3.89. The minimum absolute atomic E-state index is 0.193. The van der Waals surface area contributed by atoms with Gasteiger partial charge in [0.1, 0.15) is 5.75 Å². The van der Waals surface area contributed by atoms with Gasteiger partial charge in [0.2, 0.25) is 5.91 Å². The first-order chi connectivity index (χ1) is 12.3. The number of hydrogen-bond acceptors (Lipinski definition) is 3. The van der Waals surface area contributed by atoms with Gasteiger partial charge < -0.3 is 9.64 Å². The molecule has 0 aliphatic carbocycles. The van der Waals surface area contributed by atoms with Gasteiger partial charge in [0.05, 0.1) is 19.1 Å². The topological polar surface area (TPSA) is 32.8 Å². The molecule has 2 aliphatic rings. The Morgan fingerprint density at radius 3 is 2.68 bits per heavy atom. The highest BCUT2D eigenvalue weighted by Gasteiger charge is 2.33. The van der Waals surface area contributed by atoms with E-state index in [1.165, 1.54) is 11.1 Å². The summed E-state index contributed by atoms with van der Waals surface area (Å²) in [4.78, 5) is 17.1. The zero-order chi connectivity index (χ0) is 17.1. The number of para-hydroxylation sites is 1. The van der Waals surface area contributed by atoms with Crippen molar-refractivity contribution in [3.63, 3.8) is 0 Å². The maximum Gasteiger partial charge on any atom is 0.226 e. The number of rotatable bonds is 4. The molecule has 0 N–H and O–H groups in total. The molecule has 1 fully saturated rings.